The van der Waals surface area contributed by atoms with Crippen LogP contribution in [-0.2, 0) is 0 Å². The molecule has 0 fully saturated rings. The minimum absolute atomic E-state index is 0.105. The Labute approximate surface area is 120 Å². The lowest BCUT2D eigenvalue weighted by atomic mass is 10.1. The zero-order chi connectivity index (χ0) is 14.7. The van der Waals surface area contributed by atoms with Crippen molar-refractivity contribution in [1.82, 2.24) is 0 Å². The first-order chi connectivity index (χ1) is 9.45. The van der Waals surface area contributed by atoms with Crippen molar-refractivity contribution in [2.75, 3.05) is 11.1 Å². The van der Waals surface area contributed by atoms with Gasteiger partial charge in [-0.15, -0.1) is 0 Å². The van der Waals surface area contributed by atoms with Gasteiger partial charge < -0.3 is 15.8 Å². The Morgan fingerprint density at radius 3 is 2.30 bits per heavy atom. The average molecular weight is 270 g/mol. The van der Waals surface area contributed by atoms with Crippen LogP contribution in [0.15, 0.2) is 36.4 Å². The Morgan fingerprint density at radius 2 is 1.70 bits per heavy atom. The molecule has 0 amide bonds. The highest BCUT2D eigenvalue weighted by Gasteiger charge is 2.08. The van der Waals surface area contributed by atoms with Crippen LogP contribution < -0.4 is 15.8 Å². The quantitative estimate of drug-likeness (QED) is 0.809. The largest absolute Gasteiger partial charge is 0.489 e. The van der Waals surface area contributed by atoms with Gasteiger partial charge >= 0.3 is 0 Å². The molecule has 2 aromatic carbocycles. The van der Waals surface area contributed by atoms with Crippen LogP contribution in [0.3, 0.4) is 0 Å². The summed E-state index contributed by atoms with van der Waals surface area (Å²) in [6, 6.07) is 12.1. The van der Waals surface area contributed by atoms with Crippen molar-refractivity contribution in [2.45, 2.75) is 33.8 Å². The van der Waals surface area contributed by atoms with Crippen LogP contribution >= 0.6 is 0 Å². The molecule has 0 aliphatic carbocycles. The van der Waals surface area contributed by atoms with Crippen LogP contribution in [0.2, 0.25) is 0 Å². The van der Waals surface area contributed by atoms with Crippen molar-refractivity contribution >= 4 is 17.1 Å². The van der Waals surface area contributed by atoms with E-state index in [-0.39, 0.29) is 6.10 Å². The number of nitrogens with one attached hydrogen (secondary N) is 1. The Hall–Kier alpha value is -2.16. The average Bonchev–Trinajstić information content (AvgIpc) is 2.32. The number of anilines is 3. The Kier molecular flexibility index (Phi) is 4.18. The molecular weight excluding hydrogens is 248 g/mol. The summed E-state index contributed by atoms with van der Waals surface area (Å²) >= 11 is 0. The third kappa shape index (κ3) is 3.44. The van der Waals surface area contributed by atoms with E-state index in [0.29, 0.717) is 5.69 Å². The van der Waals surface area contributed by atoms with Gasteiger partial charge in [0.15, 0.2) is 0 Å². The van der Waals surface area contributed by atoms with E-state index in [1.807, 2.05) is 32.0 Å². The molecular formula is C17H22N2O. The third-order valence-electron chi connectivity index (χ3n) is 2.93. The number of benzene rings is 2. The summed E-state index contributed by atoms with van der Waals surface area (Å²) in [5.74, 6) is 0.717. The molecule has 0 saturated heterocycles. The molecule has 0 heterocycles. The highest BCUT2D eigenvalue weighted by molar-refractivity contribution is 5.77. The minimum atomic E-state index is 0.105. The van der Waals surface area contributed by atoms with E-state index in [4.69, 9.17) is 10.5 Å². The lowest BCUT2D eigenvalue weighted by molar-refractivity contribution is 0.244. The predicted octanol–water partition coefficient (Wildman–Crippen LogP) is 4.42. The number of nitrogens with two attached hydrogens (primary N) is 1. The number of rotatable bonds is 4. The molecule has 106 valence electrons. The minimum Gasteiger partial charge on any atom is -0.489 e. The number of para-hydroxylation sites is 1. The molecule has 3 N–H and O–H groups in total. The van der Waals surface area contributed by atoms with Gasteiger partial charge in [-0.05, 0) is 63.1 Å². The fourth-order valence-corrected chi connectivity index (χ4v) is 2.21. The van der Waals surface area contributed by atoms with Crippen LogP contribution in [0.1, 0.15) is 25.0 Å². The zero-order valence-corrected chi connectivity index (χ0v) is 12.5. The van der Waals surface area contributed by atoms with Crippen LogP contribution in [0.5, 0.6) is 5.75 Å². The van der Waals surface area contributed by atoms with Gasteiger partial charge in [-0.2, -0.15) is 0 Å². The fraction of sp³-hybridized carbons (Fsp3) is 0.294. The number of hydrogen-bond acceptors (Lipinski definition) is 3. The maximum absolute atomic E-state index is 6.17. The summed E-state index contributed by atoms with van der Waals surface area (Å²) < 4.78 is 5.71. The molecule has 20 heavy (non-hydrogen) atoms. The number of hydrogen-bond donors (Lipinski definition) is 2. The van der Waals surface area contributed by atoms with Crippen molar-refractivity contribution in [1.29, 1.82) is 0 Å². The number of ether oxygens (including phenoxy) is 1. The van der Waals surface area contributed by atoms with Crippen LogP contribution in [0, 0.1) is 13.8 Å². The monoisotopic (exact) mass is 270 g/mol. The summed E-state index contributed by atoms with van der Waals surface area (Å²) in [5.41, 5.74) is 11.2. The summed E-state index contributed by atoms with van der Waals surface area (Å²) in [6.45, 7) is 8.15. The van der Waals surface area contributed by atoms with E-state index in [1.54, 1.807) is 0 Å². The maximum atomic E-state index is 6.17. The molecule has 3 nitrogen and oxygen atoms in total. The predicted molar refractivity (Wildman–Crippen MR) is 85.8 cm³/mol. The van der Waals surface area contributed by atoms with Crippen molar-refractivity contribution < 1.29 is 4.74 Å². The first-order valence-corrected chi connectivity index (χ1v) is 6.86. The molecule has 0 saturated carbocycles. The Morgan fingerprint density at radius 1 is 1.05 bits per heavy atom. The summed E-state index contributed by atoms with van der Waals surface area (Å²) in [6.07, 6.45) is 0.105. The lowest BCUT2D eigenvalue weighted by Crippen LogP contribution is -2.08. The van der Waals surface area contributed by atoms with E-state index in [2.05, 4.69) is 37.4 Å². The number of aryl methyl sites for hydroxylation is 2. The standard InChI is InChI=1S/C17H22N2O/c1-11(2)20-16-7-5-6-15(17(16)18)19-14-9-12(3)8-13(4)10-14/h5-11,19H,18H2,1-4H3. The van der Waals surface area contributed by atoms with E-state index >= 15 is 0 Å². The Balaban J connectivity index is 2.29. The molecule has 0 bridgehead atoms. The second-order valence-electron chi connectivity index (χ2n) is 5.39. The van der Waals surface area contributed by atoms with E-state index < -0.39 is 0 Å². The molecule has 0 aliphatic rings. The second kappa shape index (κ2) is 5.87. The van der Waals surface area contributed by atoms with Crippen LogP contribution in [0.25, 0.3) is 0 Å². The van der Waals surface area contributed by atoms with Gasteiger partial charge in [-0.25, -0.2) is 0 Å². The summed E-state index contributed by atoms with van der Waals surface area (Å²) in [7, 11) is 0. The van der Waals surface area contributed by atoms with Gasteiger partial charge in [-0.3, -0.25) is 0 Å². The zero-order valence-electron chi connectivity index (χ0n) is 12.5. The fourth-order valence-electron chi connectivity index (χ4n) is 2.21. The topological polar surface area (TPSA) is 47.3 Å². The molecule has 3 heteroatoms. The van der Waals surface area contributed by atoms with Crippen molar-refractivity contribution in [3.8, 4) is 5.75 Å². The first kappa shape index (κ1) is 14.3. The summed E-state index contributed by atoms with van der Waals surface area (Å²) in [4.78, 5) is 0. The van der Waals surface area contributed by atoms with Gasteiger partial charge in [0, 0.05) is 5.69 Å². The molecule has 0 aliphatic heterocycles. The number of nitrogen functional groups attached to an aromatic ring is 1. The lowest BCUT2D eigenvalue weighted by Gasteiger charge is -2.16. The second-order valence-corrected chi connectivity index (χ2v) is 5.39. The highest BCUT2D eigenvalue weighted by atomic mass is 16.5. The highest BCUT2D eigenvalue weighted by Crippen LogP contribution is 2.32. The van der Waals surface area contributed by atoms with Gasteiger partial charge in [0.05, 0.1) is 17.5 Å². The SMILES string of the molecule is Cc1cc(C)cc(Nc2cccc(OC(C)C)c2N)c1. The van der Waals surface area contributed by atoms with Gasteiger partial charge in [0.1, 0.15) is 5.75 Å². The third-order valence-corrected chi connectivity index (χ3v) is 2.93. The molecule has 2 aromatic rings. The molecule has 0 unspecified atom stereocenters. The molecule has 0 spiro atoms. The van der Waals surface area contributed by atoms with E-state index in [9.17, 15) is 0 Å². The first-order valence-electron chi connectivity index (χ1n) is 6.86. The molecule has 2 rings (SSSR count). The van der Waals surface area contributed by atoms with Gasteiger partial charge in [-0.1, -0.05) is 12.1 Å². The van der Waals surface area contributed by atoms with Crippen molar-refractivity contribution in [3.63, 3.8) is 0 Å². The van der Waals surface area contributed by atoms with Crippen LogP contribution in [-0.4, -0.2) is 6.10 Å². The van der Waals surface area contributed by atoms with E-state index in [0.717, 1.165) is 17.1 Å². The van der Waals surface area contributed by atoms with Crippen LogP contribution in [0.4, 0.5) is 17.1 Å². The summed E-state index contributed by atoms with van der Waals surface area (Å²) in [5, 5.41) is 3.36. The van der Waals surface area contributed by atoms with E-state index in [1.165, 1.54) is 11.1 Å². The van der Waals surface area contributed by atoms with Gasteiger partial charge in [0.2, 0.25) is 0 Å². The molecule has 0 radical (unpaired) electrons. The smallest absolute Gasteiger partial charge is 0.144 e. The molecule has 0 atom stereocenters. The van der Waals surface area contributed by atoms with Crippen molar-refractivity contribution in [2.24, 2.45) is 0 Å². The Bertz CT molecular complexity index is 586. The van der Waals surface area contributed by atoms with Crippen molar-refractivity contribution in [3.05, 3.63) is 47.5 Å². The normalized spacial score (nSPS) is 10.7. The molecule has 0 aromatic heterocycles. The van der Waals surface area contributed by atoms with Gasteiger partial charge in [0.25, 0.3) is 0 Å². The maximum Gasteiger partial charge on any atom is 0.144 e.